The molecular formula is C59H41N5O. The van der Waals surface area contributed by atoms with Crippen molar-refractivity contribution in [3.05, 3.63) is 230 Å². The summed E-state index contributed by atoms with van der Waals surface area (Å²) in [5, 5.41) is 6.51. The van der Waals surface area contributed by atoms with E-state index in [0.717, 1.165) is 110 Å². The molecule has 2 N–H and O–H groups in total. The monoisotopic (exact) mass is 835 g/mol. The molecule has 0 aliphatic rings. The third-order valence-corrected chi connectivity index (χ3v) is 12.5. The Morgan fingerprint density at radius 3 is 1.75 bits per heavy atom. The van der Waals surface area contributed by atoms with Crippen molar-refractivity contribution in [2.45, 2.75) is 6.92 Å². The summed E-state index contributed by atoms with van der Waals surface area (Å²) in [7, 11) is 0. The zero-order chi connectivity index (χ0) is 43.4. The van der Waals surface area contributed by atoms with Gasteiger partial charge in [0.25, 0.3) is 0 Å². The molecule has 0 aliphatic carbocycles. The third kappa shape index (κ3) is 6.42. The lowest BCUT2D eigenvalue weighted by Gasteiger charge is -2.14. The van der Waals surface area contributed by atoms with Crippen LogP contribution in [-0.2, 0) is 0 Å². The van der Waals surface area contributed by atoms with E-state index in [1.54, 1.807) is 0 Å². The van der Waals surface area contributed by atoms with Gasteiger partial charge in [-0.25, -0.2) is 4.99 Å². The molecular weight excluding hydrogens is 795 g/mol. The Kier molecular flexibility index (Phi) is 9.09. The fourth-order valence-corrected chi connectivity index (χ4v) is 9.51. The minimum Gasteiger partial charge on any atom is -0.456 e. The van der Waals surface area contributed by atoms with Crippen LogP contribution in [0.1, 0.15) is 18.1 Å². The average Bonchev–Trinajstić information content (AvgIpc) is 4.03. The Hall–Kier alpha value is -8.74. The second-order valence-electron chi connectivity index (χ2n) is 16.3. The molecule has 0 bridgehead atoms. The van der Waals surface area contributed by atoms with Gasteiger partial charge in [-0.2, -0.15) is 4.99 Å². The highest BCUT2D eigenvalue weighted by Gasteiger charge is 2.24. The predicted octanol–water partition coefficient (Wildman–Crippen LogP) is 14.8. The number of hydrogen-bond donors (Lipinski definition) is 1. The molecule has 0 radical (unpaired) electrons. The van der Waals surface area contributed by atoms with E-state index in [1.165, 1.54) is 0 Å². The van der Waals surface area contributed by atoms with Crippen LogP contribution in [0.2, 0.25) is 0 Å². The Balaban J connectivity index is 1.16. The van der Waals surface area contributed by atoms with Crippen molar-refractivity contribution < 1.29 is 4.42 Å². The van der Waals surface area contributed by atoms with Gasteiger partial charge in [0.15, 0.2) is 0 Å². The van der Waals surface area contributed by atoms with E-state index < -0.39 is 0 Å². The van der Waals surface area contributed by atoms with Gasteiger partial charge >= 0.3 is 0 Å². The summed E-state index contributed by atoms with van der Waals surface area (Å²) in [6, 6.07) is 74.1. The zero-order valence-corrected chi connectivity index (χ0v) is 35.6. The number of para-hydroxylation sites is 3. The van der Waals surface area contributed by atoms with Gasteiger partial charge in [-0.1, -0.05) is 170 Å². The van der Waals surface area contributed by atoms with Crippen molar-refractivity contribution in [3.63, 3.8) is 0 Å². The number of furan rings is 1. The predicted molar refractivity (Wildman–Crippen MR) is 272 cm³/mol. The second-order valence-corrected chi connectivity index (χ2v) is 16.3. The highest BCUT2D eigenvalue weighted by molar-refractivity contribution is 6.26. The number of hydrogen-bond acceptors (Lipinski definition) is 2. The third-order valence-electron chi connectivity index (χ3n) is 12.5. The average molecular weight is 836 g/mol. The largest absolute Gasteiger partial charge is 0.456 e. The molecule has 0 amide bonds. The van der Waals surface area contributed by atoms with E-state index in [4.69, 9.17) is 20.1 Å². The van der Waals surface area contributed by atoms with Crippen LogP contribution in [-0.4, -0.2) is 20.9 Å². The summed E-state index contributed by atoms with van der Waals surface area (Å²) in [4.78, 5) is 10.9. The van der Waals surface area contributed by atoms with Gasteiger partial charge in [-0.3, -0.25) is 4.57 Å². The standard InChI is InChI=1S/C59H41N5O/c1-2-51(42-23-15-21-40(35-42)38-17-5-3-6-18-38)61-59(62-58(60)43-31-32-48-47-27-11-14-30-54(47)65-55(48)37-43)64-53-29-13-10-26-46(53)50-34-33-49-45-25-9-12-28-52(45)63(56(49)57(50)64)44-24-16-22-41(36-44)39-19-7-4-8-20-39/h2-37H,1H3,(H2,60,61,62)/b51-2+. The van der Waals surface area contributed by atoms with Crippen LogP contribution < -0.4 is 5.73 Å². The number of aromatic nitrogens is 2. The highest BCUT2D eigenvalue weighted by atomic mass is 16.3. The van der Waals surface area contributed by atoms with Gasteiger partial charge in [0.1, 0.15) is 17.0 Å². The molecule has 6 heteroatoms. The topological polar surface area (TPSA) is 73.7 Å². The van der Waals surface area contributed by atoms with Crippen LogP contribution in [0.5, 0.6) is 0 Å². The first-order valence-electron chi connectivity index (χ1n) is 21.9. The number of benzene rings is 9. The van der Waals surface area contributed by atoms with Crippen molar-refractivity contribution in [2.75, 3.05) is 0 Å². The van der Waals surface area contributed by atoms with Gasteiger partial charge in [-0.15, -0.1) is 0 Å². The van der Waals surface area contributed by atoms with Gasteiger partial charge in [0, 0.05) is 49.1 Å². The summed E-state index contributed by atoms with van der Waals surface area (Å²) >= 11 is 0. The lowest BCUT2D eigenvalue weighted by molar-refractivity contribution is 0.669. The van der Waals surface area contributed by atoms with E-state index in [1.807, 2.05) is 49.4 Å². The number of aliphatic imine (C=N–C) groups is 2. The summed E-state index contributed by atoms with van der Waals surface area (Å²) in [6.45, 7) is 2.02. The second kappa shape index (κ2) is 15.6. The Bertz CT molecular complexity index is 3900. The van der Waals surface area contributed by atoms with Gasteiger partial charge in [0.05, 0.1) is 27.8 Å². The summed E-state index contributed by atoms with van der Waals surface area (Å²) < 4.78 is 10.9. The van der Waals surface area contributed by atoms with E-state index in [-0.39, 0.29) is 0 Å². The van der Waals surface area contributed by atoms with E-state index in [0.29, 0.717) is 11.8 Å². The minimum atomic E-state index is 0.314. The number of amidine groups is 1. The maximum absolute atomic E-state index is 7.19. The lowest BCUT2D eigenvalue weighted by atomic mass is 10.0. The van der Waals surface area contributed by atoms with Crippen LogP contribution in [0.15, 0.2) is 233 Å². The quantitative estimate of drug-likeness (QED) is 0.134. The van der Waals surface area contributed by atoms with Crippen molar-refractivity contribution in [1.82, 2.24) is 9.13 Å². The van der Waals surface area contributed by atoms with E-state index in [9.17, 15) is 0 Å². The Morgan fingerprint density at radius 2 is 1.02 bits per heavy atom. The molecule has 9 aromatic carbocycles. The molecule has 308 valence electrons. The number of nitrogens with two attached hydrogens (primary N) is 1. The van der Waals surface area contributed by atoms with Crippen LogP contribution in [0.3, 0.4) is 0 Å². The van der Waals surface area contributed by atoms with Crippen molar-refractivity contribution in [3.8, 4) is 27.9 Å². The molecule has 0 aliphatic heterocycles. The first-order chi connectivity index (χ1) is 32.1. The van der Waals surface area contributed by atoms with Crippen LogP contribution in [0, 0.1) is 0 Å². The molecule has 12 rings (SSSR count). The number of fused-ring (bicyclic) bond motifs is 10. The molecule has 65 heavy (non-hydrogen) atoms. The molecule has 0 saturated carbocycles. The maximum Gasteiger partial charge on any atom is 0.237 e. The van der Waals surface area contributed by atoms with Crippen LogP contribution in [0.25, 0.3) is 99.2 Å². The Morgan fingerprint density at radius 1 is 0.446 bits per heavy atom. The molecule has 6 nitrogen and oxygen atoms in total. The fourth-order valence-electron chi connectivity index (χ4n) is 9.51. The first-order valence-corrected chi connectivity index (χ1v) is 21.9. The number of allylic oxidation sites excluding steroid dienone is 1. The SMILES string of the molecule is C/C=C(/N=C(\N=C(/N)c1ccc2c(c1)oc1ccccc12)n1c2ccccc2c2ccc3c4ccccc4n(-c4cccc(-c5ccccc5)c4)c3c21)c1cccc(-c2ccccc2)c1. The Labute approximate surface area is 375 Å². The van der Waals surface area contributed by atoms with E-state index >= 15 is 0 Å². The lowest BCUT2D eigenvalue weighted by Crippen LogP contribution is -2.20. The first kappa shape index (κ1) is 38.0. The molecule has 0 atom stereocenters. The molecule has 0 saturated heterocycles. The molecule has 3 heterocycles. The fraction of sp³-hybridized carbons (Fsp3) is 0.0169. The van der Waals surface area contributed by atoms with Crippen LogP contribution in [0.4, 0.5) is 0 Å². The molecule has 0 spiro atoms. The summed E-state index contributed by atoms with van der Waals surface area (Å²) in [6.07, 6.45) is 2.05. The zero-order valence-electron chi connectivity index (χ0n) is 35.6. The van der Waals surface area contributed by atoms with Crippen molar-refractivity contribution in [2.24, 2.45) is 15.7 Å². The van der Waals surface area contributed by atoms with Crippen molar-refractivity contribution >= 4 is 83.0 Å². The van der Waals surface area contributed by atoms with Gasteiger partial charge < -0.3 is 14.7 Å². The minimum absolute atomic E-state index is 0.314. The van der Waals surface area contributed by atoms with Gasteiger partial charge in [0.2, 0.25) is 5.96 Å². The van der Waals surface area contributed by atoms with E-state index in [2.05, 4.69) is 185 Å². The summed E-state index contributed by atoms with van der Waals surface area (Å²) in [5.41, 5.74) is 20.9. The van der Waals surface area contributed by atoms with Crippen molar-refractivity contribution in [1.29, 1.82) is 0 Å². The molecule has 12 aromatic rings. The number of nitrogens with zero attached hydrogens (tertiary/aromatic N) is 4. The highest BCUT2D eigenvalue weighted by Crippen LogP contribution is 2.41. The smallest absolute Gasteiger partial charge is 0.237 e. The van der Waals surface area contributed by atoms with Gasteiger partial charge in [-0.05, 0) is 77.7 Å². The normalized spacial score (nSPS) is 12.7. The summed E-state index contributed by atoms with van der Waals surface area (Å²) in [5.74, 6) is 0.743. The number of rotatable bonds is 6. The van der Waals surface area contributed by atoms with Crippen LogP contribution >= 0.6 is 0 Å². The molecule has 0 fully saturated rings. The molecule has 0 unspecified atom stereocenters. The maximum atomic E-state index is 7.19. The molecule has 3 aromatic heterocycles.